The first-order valence-corrected chi connectivity index (χ1v) is 44.5. The number of halogens is 10. The van der Waals surface area contributed by atoms with Gasteiger partial charge in [-0.15, -0.1) is 0 Å². The molecule has 31 heteroatoms. The summed E-state index contributed by atoms with van der Waals surface area (Å²) in [6.07, 6.45) is 18.1. The number of hydrogen-bond acceptors (Lipinski definition) is 21. The fourth-order valence-electron chi connectivity index (χ4n) is 16.4. The number of aliphatic hydroxyl groups is 1. The topological polar surface area (TPSA) is 295 Å². The van der Waals surface area contributed by atoms with Crippen molar-refractivity contribution in [3.8, 4) is 56.3 Å². The molecule has 636 valence electrons. The molecule has 121 heavy (non-hydrogen) atoms. The number of nitrogens with two attached hydrogens (primary N) is 5. The quantitative estimate of drug-likeness (QED) is 0.0589. The standard InChI is InChI=1S/C23H24Cl2N4.C18H22Cl2N4O.C17H20Cl2N4.C16H16Cl2N4.C16H18Cl2N4/c1-2-23(16-7-4-3-5-8-16)11-13-29(14-12-23)19-15-27-21(22(26)28-19)17-9-6-10-18(24)20(17)25;1-3-18(2)7-8-24(10-13(18)25)14-9-22-16(17(21)23-14)11-5-4-6-12(19)15(11)20;1-17(2)6-8-23(9-7-17)13-10-21-15(16(20)22-13)11-4-3-5-12(18)14(11)19;1-8-10-6-22(7-11(8)10)13-5-20-15(16(19)21-13)9-3-2-4-12(17)14(9)18;1-2-10-6-7-22(9-10)13-8-20-15(16(19)21-13)11-4-3-5-12(17)14(11)18/h3-10,15H,2,11-14H2,1H3,(H2,26,28);4-6,9,13,25H,3,7-8,10H2,1-2H3,(H2,21,23);3-5,10H,6-9H2,1-2H3,(H2,20,22);2-5,8,10-11H,6-7H2,1H3,(H2,19,21);3-5,8,10H,2,6-7,9H2,1H3,(H2,19,21)/t;13-,18+;;;10-/m.1..0/s1. The van der Waals surface area contributed by atoms with Gasteiger partial charge in [-0.2, -0.15) is 0 Å². The van der Waals surface area contributed by atoms with Crippen LogP contribution in [0.3, 0.4) is 0 Å². The summed E-state index contributed by atoms with van der Waals surface area (Å²) in [6, 6.07) is 37.8. The van der Waals surface area contributed by atoms with Crippen molar-refractivity contribution in [3.63, 3.8) is 0 Å². The second-order valence-electron chi connectivity index (χ2n) is 32.8. The number of rotatable bonds is 14. The van der Waals surface area contributed by atoms with Gasteiger partial charge >= 0.3 is 0 Å². The minimum absolute atomic E-state index is 0.0519. The van der Waals surface area contributed by atoms with E-state index in [1.807, 2.05) is 59.5 Å². The molecule has 0 radical (unpaired) electrons. The zero-order valence-corrected chi connectivity index (χ0v) is 76.1. The lowest BCUT2D eigenvalue weighted by atomic mass is 9.71. The summed E-state index contributed by atoms with van der Waals surface area (Å²) in [4.78, 5) is 56.2. The van der Waals surface area contributed by atoms with E-state index in [0.29, 0.717) is 153 Å². The van der Waals surface area contributed by atoms with Crippen LogP contribution in [0.25, 0.3) is 56.3 Å². The lowest BCUT2D eigenvalue weighted by Crippen LogP contribution is -2.49. The maximum atomic E-state index is 10.5. The molecule has 17 rings (SSSR count). The second kappa shape index (κ2) is 39.2. The second-order valence-corrected chi connectivity index (χ2v) is 36.7. The summed E-state index contributed by atoms with van der Waals surface area (Å²) in [5.41, 5.74) is 39.0. The Morgan fingerprint density at radius 1 is 0.364 bits per heavy atom. The Labute approximate surface area is 758 Å². The van der Waals surface area contributed by atoms with Crippen molar-refractivity contribution in [1.82, 2.24) is 49.8 Å². The summed E-state index contributed by atoms with van der Waals surface area (Å²) in [5, 5.41) is 15.0. The van der Waals surface area contributed by atoms with Crippen LogP contribution in [-0.4, -0.2) is 126 Å². The third kappa shape index (κ3) is 20.5. The first-order valence-electron chi connectivity index (χ1n) is 40.8. The van der Waals surface area contributed by atoms with Crippen LogP contribution < -0.4 is 53.2 Å². The maximum Gasteiger partial charge on any atom is 0.152 e. The van der Waals surface area contributed by atoms with Crippen LogP contribution in [-0.2, 0) is 5.41 Å². The number of anilines is 10. The van der Waals surface area contributed by atoms with E-state index in [-0.39, 0.29) is 10.8 Å². The molecule has 0 bridgehead atoms. The monoisotopic (exact) mass is 1830 g/mol. The third-order valence-corrected chi connectivity index (χ3v) is 29.0. The lowest BCUT2D eigenvalue weighted by molar-refractivity contribution is 0.0187. The molecular formula is C90H100Cl10N20O. The van der Waals surface area contributed by atoms with Crippen LogP contribution >= 0.6 is 116 Å². The van der Waals surface area contributed by atoms with Crippen molar-refractivity contribution < 1.29 is 5.11 Å². The molecule has 1 saturated carbocycles. The highest BCUT2D eigenvalue weighted by Crippen LogP contribution is 2.52. The molecule has 10 heterocycles. The molecule has 6 fully saturated rings. The maximum absolute atomic E-state index is 10.5. The normalized spacial score (nSPS) is 20.0. The molecule has 5 atom stereocenters. The number of β-amino-alcohol motifs (C(OH)–C–C–N with tert-alkyl or cyclic N) is 1. The van der Waals surface area contributed by atoms with E-state index in [4.69, 9.17) is 145 Å². The van der Waals surface area contributed by atoms with E-state index in [0.717, 1.165) is 151 Å². The fourth-order valence-corrected chi connectivity index (χ4v) is 18.4. The van der Waals surface area contributed by atoms with Gasteiger partial charge in [0.25, 0.3) is 0 Å². The Kier molecular flexibility index (Phi) is 29.3. The molecule has 1 aliphatic carbocycles. The van der Waals surface area contributed by atoms with Gasteiger partial charge in [-0.3, -0.25) is 0 Å². The Hall–Kier alpha value is -8.42. The molecule has 5 saturated heterocycles. The number of nitrogens with zero attached hydrogens (tertiary/aromatic N) is 15. The predicted octanol–water partition coefficient (Wildman–Crippen LogP) is 22.7. The van der Waals surface area contributed by atoms with Crippen LogP contribution in [0.15, 0.2) is 152 Å². The molecule has 11 N–H and O–H groups in total. The highest BCUT2D eigenvalue weighted by atomic mass is 35.5. The fraction of sp³-hybridized carbons (Fsp3) is 0.378. The Bertz CT molecular complexity index is 5370. The molecule has 21 nitrogen and oxygen atoms in total. The summed E-state index contributed by atoms with van der Waals surface area (Å²) >= 11 is 61.7. The highest BCUT2D eigenvalue weighted by molar-refractivity contribution is 6.46. The van der Waals surface area contributed by atoms with Gasteiger partial charge in [0.1, 0.15) is 57.6 Å². The number of fused-ring (bicyclic) bond motifs is 1. The molecule has 0 spiro atoms. The van der Waals surface area contributed by atoms with E-state index >= 15 is 0 Å². The van der Waals surface area contributed by atoms with Gasteiger partial charge in [0.2, 0.25) is 0 Å². The van der Waals surface area contributed by atoms with Gasteiger partial charge in [-0.25, -0.2) is 49.8 Å². The van der Waals surface area contributed by atoms with Crippen molar-refractivity contribution in [2.45, 2.75) is 118 Å². The molecule has 5 aliphatic heterocycles. The van der Waals surface area contributed by atoms with E-state index in [1.54, 1.807) is 67.4 Å². The summed E-state index contributed by atoms with van der Waals surface area (Å²) in [7, 11) is 0. The molecule has 5 aromatic heterocycles. The molecule has 11 aromatic rings. The number of hydrogen-bond donors (Lipinski definition) is 6. The van der Waals surface area contributed by atoms with Gasteiger partial charge in [-0.05, 0) is 127 Å². The Balaban J connectivity index is 0.000000131. The number of aromatic nitrogens is 10. The average Bonchev–Trinajstić information content (AvgIpc) is 1.59. The molecular weight excluding hydrogens is 1730 g/mol. The van der Waals surface area contributed by atoms with Crippen molar-refractivity contribution >= 4 is 174 Å². The number of aliphatic hydroxyl groups excluding tert-OH is 1. The zero-order valence-electron chi connectivity index (χ0n) is 68.6. The van der Waals surface area contributed by atoms with E-state index in [1.165, 1.54) is 18.4 Å². The van der Waals surface area contributed by atoms with Gasteiger partial charge in [0, 0.05) is 93.3 Å². The van der Waals surface area contributed by atoms with Gasteiger partial charge in [-0.1, -0.05) is 262 Å². The van der Waals surface area contributed by atoms with Gasteiger partial charge in [0.05, 0.1) is 87.3 Å². The van der Waals surface area contributed by atoms with Crippen LogP contribution in [0.2, 0.25) is 50.2 Å². The highest BCUT2D eigenvalue weighted by Gasteiger charge is 2.53. The van der Waals surface area contributed by atoms with Crippen LogP contribution in [0.5, 0.6) is 0 Å². The van der Waals surface area contributed by atoms with Crippen LogP contribution in [0, 0.1) is 34.5 Å². The van der Waals surface area contributed by atoms with Crippen molar-refractivity contribution in [1.29, 1.82) is 0 Å². The van der Waals surface area contributed by atoms with E-state index in [9.17, 15) is 5.11 Å². The van der Waals surface area contributed by atoms with Crippen LogP contribution in [0.1, 0.15) is 112 Å². The minimum atomic E-state index is -0.406. The Morgan fingerprint density at radius 3 is 0.983 bits per heavy atom. The van der Waals surface area contributed by atoms with Crippen LogP contribution in [0.4, 0.5) is 58.2 Å². The first-order chi connectivity index (χ1) is 57.9. The first kappa shape index (κ1) is 90.3. The van der Waals surface area contributed by atoms with Crippen molar-refractivity contribution in [3.05, 3.63) is 208 Å². The zero-order chi connectivity index (χ0) is 86.4. The number of benzene rings is 6. The predicted molar refractivity (Wildman–Crippen MR) is 505 cm³/mol. The number of piperidine rings is 4. The van der Waals surface area contributed by atoms with E-state index in [2.05, 4.69) is 148 Å². The average molecular weight is 1830 g/mol. The summed E-state index contributed by atoms with van der Waals surface area (Å²) < 4.78 is 0. The molecule has 6 aromatic carbocycles. The van der Waals surface area contributed by atoms with Crippen molar-refractivity contribution in [2.75, 3.05) is 119 Å². The summed E-state index contributed by atoms with van der Waals surface area (Å²) in [5.74, 6) is 8.95. The SMILES string of the molecule is CC1(C)CCN(c2cnc(-c3cccc(Cl)c3Cl)c(N)n2)CC1.CC1C2CN(c3cnc(-c4cccc(Cl)c4Cl)c(N)n3)CC12.CCC1(c2ccccc2)CCN(c2cnc(-c3cccc(Cl)c3Cl)c(N)n2)CC1.CC[C@@]1(C)CCN(c2cnc(-c3cccc(Cl)c3Cl)c(N)n2)C[C@H]1O.CC[C@H]1CCN(c2cnc(-c3cccc(Cl)c3Cl)c(N)n2)C1. The Morgan fingerprint density at radius 2 is 0.678 bits per heavy atom. The number of nitrogen functional groups attached to an aromatic ring is 5. The third-order valence-electron chi connectivity index (χ3n) is 24.9. The molecule has 6 aliphatic rings. The van der Waals surface area contributed by atoms with Crippen molar-refractivity contribution in [2.24, 2.45) is 34.5 Å². The van der Waals surface area contributed by atoms with E-state index < -0.39 is 6.10 Å². The lowest BCUT2D eigenvalue weighted by Gasteiger charge is -2.43. The minimum Gasteiger partial charge on any atom is -0.391 e. The smallest absolute Gasteiger partial charge is 0.152 e. The molecule has 2 unspecified atom stereocenters. The van der Waals surface area contributed by atoms with Gasteiger partial charge in [0.15, 0.2) is 29.1 Å². The summed E-state index contributed by atoms with van der Waals surface area (Å²) in [6.45, 7) is 24.9. The van der Waals surface area contributed by atoms with Gasteiger partial charge < -0.3 is 58.3 Å². The largest absolute Gasteiger partial charge is 0.391 e. The molecule has 0 amide bonds.